The topological polar surface area (TPSA) is 107 Å². The predicted octanol–water partition coefficient (Wildman–Crippen LogP) is 2.27. The molecule has 136 valence electrons. The Labute approximate surface area is 150 Å². The average Bonchev–Trinajstić information content (AvgIpc) is 2.64. The van der Waals surface area contributed by atoms with Crippen LogP contribution < -0.4 is 10.9 Å². The minimum Gasteiger partial charge on any atom is -0.352 e. The van der Waals surface area contributed by atoms with Gasteiger partial charge in [-0.1, -0.05) is 19.3 Å². The predicted molar refractivity (Wildman–Crippen MR) is 95.6 cm³/mol. The maximum atomic E-state index is 12.2. The third kappa shape index (κ3) is 4.33. The number of carbonyl (C=O) groups is 1. The van der Waals surface area contributed by atoms with Crippen LogP contribution >= 0.6 is 0 Å². The van der Waals surface area contributed by atoms with E-state index in [0.717, 1.165) is 30.4 Å². The summed E-state index contributed by atoms with van der Waals surface area (Å²) in [6.07, 6.45) is 5.36. The van der Waals surface area contributed by atoms with E-state index in [0.29, 0.717) is 11.3 Å². The molecule has 1 aliphatic rings. The smallest absolute Gasteiger partial charge is 0.269 e. The zero-order valence-corrected chi connectivity index (χ0v) is 14.3. The molecule has 1 heterocycles. The Morgan fingerprint density at radius 1 is 1.15 bits per heavy atom. The van der Waals surface area contributed by atoms with Gasteiger partial charge in [0.2, 0.25) is 5.91 Å². The highest BCUT2D eigenvalue weighted by atomic mass is 16.6. The Hall–Kier alpha value is -3.03. The summed E-state index contributed by atoms with van der Waals surface area (Å²) >= 11 is 0. The van der Waals surface area contributed by atoms with E-state index in [1.807, 2.05) is 0 Å². The number of hydrogen-bond donors (Lipinski definition) is 1. The molecule has 0 spiro atoms. The fraction of sp³-hybridized carbons (Fsp3) is 0.389. The highest BCUT2D eigenvalue weighted by molar-refractivity contribution is 5.76. The summed E-state index contributed by atoms with van der Waals surface area (Å²) < 4.78 is 1.12. The second-order valence-corrected chi connectivity index (χ2v) is 6.42. The van der Waals surface area contributed by atoms with Crippen LogP contribution in [-0.4, -0.2) is 26.7 Å². The minimum absolute atomic E-state index is 0.0195. The summed E-state index contributed by atoms with van der Waals surface area (Å²) in [6, 6.07) is 8.94. The van der Waals surface area contributed by atoms with E-state index in [2.05, 4.69) is 10.4 Å². The standard InChI is InChI=1S/C18H20N4O4/c23-17(19-14-4-2-1-3-5-14)12-21-18(24)11-10-16(20-21)13-6-8-15(9-7-13)22(25)26/h6-11,14H,1-5,12H2,(H,19,23). The molecule has 0 radical (unpaired) electrons. The second-order valence-electron chi connectivity index (χ2n) is 6.42. The molecule has 1 saturated carbocycles. The Balaban J connectivity index is 1.73. The molecule has 1 aromatic heterocycles. The van der Waals surface area contributed by atoms with Crippen LogP contribution in [0.2, 0.25) is 0 Å². The van der Waals surface area contributed by atoms with Crippen LogP contribution in [-0.2, 0) is 11.3 Å². The Morgan fingerprint density at radius 3 is 2.50 bits per heavy atom. The van der Waals surface area contributed by atoms with Crippen molar-refractivity contribution in [1.82, 2.24) is 15.1 Å². The molecule has 3 rings (SSSR count). The number of aromatic nitrogens is 2. The van der Waals surface area contributed by atoms with Gasteiger partial charge in [-0.2, -0.15) is 5.10 Å². The van der Waals surface area contributed by atoms with Crippen LogP contribution in [0, 0.1) is 10.1 Å². The van der Waals surface area contributed by atoms with Crippen LogP contribution in [0.15, 0.2) is 41.2 Å². The van der Waals surface area contributed by atoms with E-state index in [4.69, 9.17) is 0 Å². The number of non-ortho nitro benzene ring substituents is 1. The Kier molecular flexibility index (Phi) is 5.40. The number of carbonyl (C=O) groups excluding carboxylic acids is 1. The van der Waals surface area contributed by atoms with Gasteiger partial charge in [-0.05, 0) is 31.0 Å². The van der Waals surface area contributed by atoms with Crippen molar-refractivity contribution in [3.05, 3.63) is 56.9 Å². The summed E-state index contributed by atoms with van der Waals surface area (Å²) in [4.78, 5) is 34.5. The molecule has 0 saturated heterocycles. The van der Waals surface area contributed by atoms with Crippen LogP contribution in [0.25, 0.3) is 11.3 Å². The zero-order chi connectivity index (χ0) is 18.5. The normalized spacial score (nSPS) is 14.8. The average molecular weight is 356 g/mol. The lowest BCUT2D eigenvalue weighted by atomic mass is 9.95. The van der Waals surface area contributed by atoms with Crippen molar-refractivity contribution in [3.63, 3.8) is 0 Å². The molecule has 8 nitrogen and oxygen atoms in total. The SMILES string of the molecule is O=C(Cn1nc(-c2ccc([N+](=O)[O-])cc2)ccc1=O)NC1CCCCC1. The van der Waals surface area contributed by atoms with Crippen molar-refractivity contribution < 1.29 is 9.72 Å². The molecule has 1 fully saturated rings. The Morgan fingerprint density at radius 2 is 1.85 bits per heavy atom. The van der Waals surface area contributed by atoms with Gasteiger partial charge in [0.1, 0.15) is 6.54 Å². The van der Waals surface area contributed by atoms with Gasteiger partial charge in [-0.3, -0.25) is 19.7 Å². The number of hydrogen-bond acceptors (Lipinski definition) is 5. The first kappa shape index (κ1) is 17.8. The largest absolute Gasteiger partial charge is 0.352 e. The lowest BCUT2D eigenvalue weighted by Crippen LogP contribution is -2.40. The van der Waals surface area contributed by atoms with Crippen LogP contribution in [0.3, 0.4) is 0 Å². The number of nitro groups is 1. The van der Waals surface area contributed by atoms with E-state index in [1.54, 1.807) is 18.2 Å². The number of nitrogens with one attached hydrogen (secondary N) is 1. The molecule has 1 aromatic carbocycles. The van der Waals surface area contributed by atoms with Gasteiger partial charge >= 0.3 is 0 Å². The molecule has 0 unspecified atom stereocenters. The van der Waals surface area contributed by atoms with Gasteiger partial charge in [0.15, 0.2) is 0 Å². The highest BCUT2D eigenvalue weighted by Crippen LogP contribution is 2.20. The maximum Gasteiger partial charge on any atom is 0.269 e. The number of benzene rings is 1. The van der Waals surface area contributed by atoms with Crippen molar-refractivity contribution in [2.45, 2.75) is 44.7 Å². The molecule has 2 aromatic rings. The lowest BCUT2D eigenvalue weighted by Gasteiger charge is -2.22. The maximum absolute atomic E-state index is 12.2. The summed E-state index contributed by atoms with van der Waals surface area (Å²) in [7, 11) is 0. The molecule has 8 heteroatoms. The number of amides is 1. The number of nitrogens with zero attached hydrogens (tertiary/aromatic N) is 3. The van der Waals surface area contributed by atoms with E-state index in [-0.39, 0.29) is 29.7 Å². The van der Waals surface area contributed by atoms with Crippen molar-refractivity contribution >= 4 is 11.6 Å². The van der Waals surface area contributed by atoms with Gasteiger partial charge in [0.05, 0.1) is 10.6 Å². The highest BCUT2D eigenvalue weighted by Gasteiger charge is 2.16. The fourth-order valence-corrected chi connectivity index (χ4v) is 3.13. The first-order valence-electron chi connectivity index (χ1n) is 8.65. The zero-order valence-electron chi connectivity index (χ0n) is 14.3. The van der Waals surface area contributed by atoms with E-state index in [9.17, 15) is 19.7 Å². The van der Waals surface area contributed by atoms with Gasteiger partial charge < -0.3 is 5.32 Å². The first-order valence-corrected chi connectivity index (χ1v) is 8.65. The summed E-state index contributed by atoms with van der Waals surface area (Å²) in [6.45, 7) is -0.143. The molecular formula is C18H20N4O4. The molecule has 26 heavy (non-hydrogen) atoms. The molecule has 1 N–H and O–H groups in total. The van der Waals surface area contributed by atoms with Gasteiger partial charge in [-0.15, -0.1) is 0 Å². The number of rotatable bonds is 5. The lowest BCUT2D eigenvalue weighted by molar-refractivity contribution is -0.384. The summed E-state index contributed by atoms with van der Waals surface area (Å²) in [5.74, 6) is -0.229. The van der Waals surface area contributed by atoms with Gasteiger partial charge in [0.25, 0.3) is 11.2 Å². The van der Waals surface area contributed by atoms with Gasteiger partial charge in [-0.25, -0.2) is 4.68 Å². The van der Waals surface area contributed by atoms with E-state index >= 15 is 0 Å². The van der Waals surface area contributed by atoms with Crippen LogP contribution in [0.5, 0.6) is 0 Å². The van der Waals surface area contributed by atoms with Gasteiger partial charge in [0, 0.05) is 29.8 Å². The second kappa shape index (κ2) is 7.90. The summed E-state index contributed by atoms with van der Waals surface area (Å²) in [5, 5.41) is 17.9. The number of nitro benzene ring substituents is 1. The summed E-state index contributed by atoms with van der Waals surface area (Å²) in [5.41, 5.74) is 0.727. The Bertz CT molecular complexity index is 854. The third-order valence-electron chi connectivity index (χ3n) is 4.50. The van der Waals surface area contributed by atoms with Crippen LogP contribution in [0.1, 0.15) is 32.1 Å². The quantitative estimate of drug-likeness (QED) is 0.653. The van der Waals surface area contributed by atoms with Crippen molar-refractivity contribution in [2.75, 3.05) is 0 Å². The first-order chi connectivity index (χ1) is 12.5. The third-order valence-corrected chi connectivity index (χ3v) is 4.50. The molecule has 0 bridgehead atoms. The van der Waals surface area contributed by atoms with Crippen molar-refractivity contribution in [1.29, 1.82) is 0 Å². The molecular weight excluding hydrogens is 336 g/mol. The minimum atomic E-state index is -0.478. The monoisotopic (exact) mass is 356 g/mol. The van der Waals surface area contributed by atoms with E-state index < -0.39 is 4.92 Å². The van der Waals surface area contributed by atoms with Crippen LogP contribution in [0.4, 0.5) is 5.69 Å². The molecule has 1 aliphatic carbocycles. The molecule has 0 atom stereocenters. The van der Waals surface area contributed by atoms with E-state index in [1.165, 1.54) is 24.6 Å². The molecule has 1 amide bonds. The molecule has 0 aliphatic heterocycles. The van der Waals surface area contributed by atoms with Crippen molar-refractivity contribution in [2.24, 2.45) is 0 Å². The van der Waals surface area contributed by atoms with Crippen molar-refractivity contribution in [3.8, 4) is 11.3 Å². The fourth-order valence-electron chi connectivity index (χ4n) is 3.13.